The molecule has 1 aromatic carbocycles. The molecule has 0 amide bonds. The van der Waals surface area contributed by atoms with Crippen LogP contribution in [0.15, 0.2) is 40.9 Å². The molecular weight excluding hydrogens is 384 g/mol. The van der Waals surface area contributed by atoms with E-state index < -0.39 is 27.7 Å². The van der Waals surface area contributed by atoms with Gasteiger partial charge in [-0.3, -0.25) is 0 Å². The van der Waals surface area contributed by atoms with Gasteiger partial charge in [0.25, 0.3) is 5.79 Å². The lowest BCUT2D eigenvalue weighted by molar-refractivity contribution is -0.222. The number of carbonyl (C=O) groups is 2. The molecule has 9 heteroatoms. The van der Waals surface area contributed by atoms with Crippen molar-refractivity contribution in [1.29, 1.82) is 0 Å². The number of esters is 2. The van der Waals surface area contributed by atoms with Gasteiger partial charge in [-0.1, -0.05) is 19.3 Å². The average Bonchev–Trinajstić information content (AvgIpc) is 2.61. The number of sulfonamides is 1. The zero-order valence-corrected chi connectivity index (χ0v) is 16.7. The van der Waals surface area contributed by atoms with E-state index in [1.807, 2.05) is 0 Å². The first-order valence-corrected chi connectivity index (χ1v) is 10.7. The van der Waals surface area contributed by atoms with Crippen LogP contribution in [0.4, 0.5) is 5.69 Å². The summed E-state index contributed by atoms with van der Waals surface area (Å²) in [5, 5.41) is 2.78. The summed E-state index contributed by atoms with van der Waals surface area (Å²) in [4.78, 5) is 24.0. The molecule has 2 aliphatic rings. The highest BCUT2D eigenvalue weighted by atomic mass is 32.2. The predicted octanol–water partition coefficient (Wildman–Crippen LogP) is 2.43. The van der Waals surface area contributed by atoms with Gasteiger partial charge < -0.3 is 14.8 Å². The molecule has 1 aliphatic heterocycles. The molecule has 0 radical (unpaired) electrons. The van der Waals surface area contributed by atoms with E-state index in [-0.39, 0.29) is 16.5 Å². The fourth-order valence-corrected chi connectivity index (χ4v) is 4.48. The minimum absolute atomic E-state index is 0.0196. The Labute approximate surface area is 164 Å². The van der Waals surface area contributed by atoms with Crippen molar-refractivity contribution >= 4 is 27.6 Å². The Morgan fingerprint density at radius 2 is 1.57 bits per heavy atom. The quantitative estimate of drug-likeness (QED) is 0.437. The van der Waals surface area contributed by atoms with Crippen molar-refractivity contribution in [2.24, 2.45) is 0 Å². The molecule has 0 aromatic heterocycles. The zero-order chi connectivity index (χ0) is 20.4. The molecule has 2 N–H and O–H groups in total. The van der Waals surface area contributed by atoms with Gasteiger partial charge in [0, 0.05) is 31.8 Å². The van der Waals surface area contributed by atoms with Crippen LogP contribution in [-0.2, 0) is 29.1 Å². The van der Waals surface area contributed by atoms with E-state index >= 15 is 0 Å². The van der Waals surface area contributed by atoms with E-state index in [0.29, 0.717) is 5.69 Å². The number of carbonyl (C=O) groups excluding carboxylic acids is 2. The molecule has 28 heavy (non-hydrogen) atoms. The molecule has 8 nitrogen and oxygen atoms in total. The molecule has 0 spiro atoms. The van der Waals surface area contributed by atoms with Gasteiger partial charge in [-0.25, -0.2) is 22.7 Å². The summed E-state index contributed by atoms with van der Waals surface area (Å²) in [6.45, 7) is 2.93. The van der Waals surface area contributed by atoms with Gasteiger partial charge >= 0.3 is 11.9 Å². The van der Waals surface area contributed by atoms with Crippen molar-refractivity contribution in [3.8, 4) is 0 Å². The number of cyclic esters (lactones) is 2. The maximum Gasteiger partial charge on any atom is 0.350 e. The summed E-state index contributed by atoms with van der Waals surface area (Å²) in [6, 6.07) is 6.01. The van der Waals surface area contributed by atoms with Crippen LogP contribution in [0.2, 0.25) is 0 Å². The van der Waals surface area contributed by atoms with Crippen molar-refractivity contribution in [1.82, 2.24) is 4.72 Å². The third-order valence-corrected chi connectivity index (χ3v) is 6.13. The summed E-state index contributed by atoms with van der Waals surface area (Å²) in [7, 11) is -3.58. The Balaban J connectivity index is 1.66. The number of hydrogen-bond acceptors (Lipinski definition) is 7. The fraction of sp³-hybridized carbons (Fsp3) is 0.474. The average molecular weight is 408 g/mol. The highest BCUT2D eigenvalue weighted by molar-refractivity contribution is 7.89. The van der Waals surface area contributed by atoms with Gasteiger partial charge in [-0.05, 0) is 37.1 Å². The Bertz CT molecular complexity index is 862. The molecule has 0 atom stereocenters. The van der Waals surface area contributed by atoms with Gasteiger partial charge in [0.2, 0.25) is 10.0 Å². The van der Waals surface area contributed by atoms with E-state index in [2.05, 4.69) is 10.0 Å². The Morgan fingerprint density at radius 1 is 1.00 bits per heavy atom. The van der Waals surface area contributed by atoms with Crippen LogP contribution < -0.4 is 10.0 Å². The molecular formula is C19H24N2O6S. The van der Waals surface area contributed by atoms with E-state index in [1.54, 1.807) is 12.1 Å². The van der Waals surface area contributed by atoms with Crippen molar-refractivity contribution in [2.45, 2.75) is 62.7 Å². The van der Waals surface area contributed by atoms with Gasteiger partial charge in [-0.15, -0.1) is 0 Å². The smallest absolute Gasteiger partial charge is 0.350 e. The number of ether oxygens (including phenoxy) is 2. The molecule has 1 aromatic rings. The maximum absolute atomic E-state index is 12.5. The second-order valence-corrected chi connectivity index (χ2v) is 9.08. The van der Waals surface area contributed by atoms with Crippen LogP contribution in [0, 0.1) is 0 Å². The number of rotatable bonds is 5. The van der Waals surface area contributed by atoms with Crippen molar-refractivity contribution in [2.75, 3.05) is 5.32 Å². The second kappa shape index (κ2) is 7.92. The number of benzene rings is 1. The lowest BCUT2D eigenvalue weighted by Crippen LogP contribution is -2.42. The van der Waals surface area contributed by atoms with Gasteiger partial charge in [0.1, 0.15) is 0 Å². The molecule has 1 aliphatic carbocycles. The van der Waals surface area contributed by atoms with Crippen molar-refractivity contribution < 1.29 is 27.5 Å². The first-order valence-electron chi connectivity index (χ1n) is 9.22. The largest absolute Gasteiger partial charge is 0.419 e. The number of anilines is 1. The van der Waals surface area contributed by atoms with Crippen molar-refractivity contribution in [3.63, 3.8) is 0 Å². The van der Waals surface area contributed by atoms with E-state index in [4.69, 9.17) is 9.47 Å². The molecule has 0 unspecified atom stereocenters. The van der Waals surface area contributed by atoms with Crippen LogP contribution in [0.25, 0.3) is 0 Å². The molecule has 1 heterocycles. The van der Waals surface area contributed by atoms with Crippen LogP contribution in [0.3, 0.4) is 0 Å². The van der Waals surface area contributed by atoms with Crippen LogP contribution in [0.5, 0.6) is 0 Å². The topological polar surface area (TPSA) is 111 Å². The molecule has 1 saturated heterocycles. The van der Waals surface area contributed by atoms with Crippen molar-refractivity contribution in [3.05, 3.63) is 36.0 Å². The van der Waals surface area contributed by atoms with Gasteiger partial charge in [-0.2, -0.15) is 0 Å². The van der Waals surface area contributed by atoms with Gasteiger partial charge in [0.15, 0.2) is 5.57 Å². The minimum Gasteiger partial charge on any atom is -0.419 e. The fourth-order valence-electron chi connectivity index (χ4n) is 3.17. The van der Waals surface area contributed by atoms with E-state index in [1.165, 1.54) is 32.2 Å². The normalized spacial score (nSPS) is 20.3. The second-order valence-electron chi connectivity index (χ2n) is 7.36. The predicted molar refractivity (Wildman–Crippen MR) is 102 cm³/mol. The standard InChI is InChI=1S/C19H24N2O6S/c1-19(2)26-17(22)16(18(23)27-19)12-20-13-8-10-15(11-9-13)28(24,25)21-14-6-4-3-5-7-14/h8-12,14,20-21H,3-7H2,1-2H3. The van der Waals surface area contributed by atoms with Crippen LogP contribution >= 0.6 is 0 Å². The third kappa shape index (κ3) is 4.90. The summed E-state index contributed by atoms with van der Waals surface area (Å²) in [5.41, 5.74) is 0.240. The Hall–Kier alpha value is -2.39. The highest BCUT2D eigenvalue weighted by Crippen LogP contribution is 2.23. The lowest BCUT2D eigenvalue weighted by atomic mass is 9.96. The SMILES string of the molecule is CC1(C)OC(=O)C(=CNc2ccc(S(=O)(=O)NC3CCCCC3)cc2)C(=O)O1. The molecule has 2 fully saturated rings. The van der Waals surface area contributed by atoms with E-state index in [0.717, 1.165) is 32.1 Å². The van der Waals surface area contributed by atoms with Crippen LogP contribution in [-0.4, -0.2) is 32.2 Å². The Kier molecular flexibility index (Phi) is 5.76. The third-order valence-electron chi connectivity index (χ3n) is 4.59. The highest BCUT2D eigenvalue weighted by Gasteiger charge is 2.38. The first kappa shape index (κ1) is 20.3. The summed E-state index contributed by atoms with van der Waals surface area (Å²) < 4.78 is 37.8. The minimum atomic E-state index is -3.58. The summed E-state index contributed by atoms with van der Waals surface area (Å²) in [5.74, 6) is -2.87. The monoisotopic (exact) mass is 408 g/mol. The van der Waals surface area contributed by atoms with Crippen LogP contribution in [0.1, 0.15) is 46.0 Å². The first-order chi connectivity index (χ1) is 13.2. The molecule has 152 valence electrons. The maximum atomic E-state index is 12.5. The Morgan fingerprint density at radius 3 is 2.14 bits per heavy atom. The number of hydrogen-bond donors (Lipinski definition) is 2. The van der Waals surface area contributed by atoms with E-state index in [9.17, 15) is 18.0 Å². The number of nitrogens with one attached hydrogen (secondary N) is 2. The molecule has 3 rings (SSSR count). The zero-order valence-electron chi connectivity index (χ0n) is 15.9. The van der Waals surface area contributed by atoms with Gasteiger partial charge in [0.05, 0.1) is 4.90 Å². The summed E-state index contributed by atoms with van der Waals surface area (Å²) in [6.07, 6.45) is 6.11. The molecule has 1 saturated carbocycles. The molecule has 0 bridgehead atoms. The lowest BCUT2D eigenvalue weighted by Gasteiger charge is -2.29. The summed E-state index contributed by atoms with van der Waals surface area (Å²) >= 11 is 0.